The predicted octanol–water partition coefficient (Wildman–Crippen LogP) is 5.32. The van der Waals surface area contributed by atoms with Crippen molar-refractivity contribution >= 4 is 22.8 Å². The molecule has 3 rings (SSSR count). The summed E-state index contributed by atoms with van der Waals surface area (Å²) in [4.78, 5) is 37.9. The van der Waals surface area contributed by atoms with Crippen molar-refractivity contribution in [2.45, 2.75) is 66.7 Å². The van der Waals surface area contributed by atoms with Crippen LogP contribution in [-0.2, 0) is 11.3 Å². The molecule has 2 amide bonds. The van der Waals surface area contributed by atoms with Crippen LogP contribution in [0.15, 0.2) is 53.3 Å². The van der Waals surface area contributed by atoms with Gasteiger partial charge in [-0.15, -0.1) is 0 Å². The number of carbonyl (C=O) groups excluding carboxylic acids is 1. The molecule has 198 valence electrons. The van der Waals surface area contributed by atoms with Crippen LogP contribution < -0.4 is 21.3 Å². The minimum atomic E-state index is -1.27. The zero-order chi connectivity index (χ0) is 27.7. The standard InChI is InChI=1S/C29H37N3O5/c1-17(2)16-32-23(24(28(3,4)5)31-27(35)36)22(18-11-9-8-10-12-18)21-15-19(13-14-20(21)25(32)33)37-29(6,7)26(30)34/h8-15,17,24,31H,16H2,1-7H3,(H2,30,34)(H,35,36). The molecule has 4 N–H and O–H groups in total. The molecule has 1 atom stereocenters. The number of ether oxygens (including phenoxy) is 1. The van der Waals surface area contributed by atoms with Crippen molar-refractivity contribution in [2.24, 2.45) is 17.1 Å². The highest BCUT2D eigenvalue weighted by molar-refractivity contribution is 5.98. The van der Waals surface area contributed by atoms with Gasteiger partial charge in [0.2, 0.25) is 0 Å². The second-order valence-electron chi connectivity index (χ2n) is 11.4. The zero-order valence-corrected chi connectivity index (χ0v) is 22.6. The zero-order valence-electron chi connectivity index (χ0n) is 22.6. The SMILES string of the molecule is CC(C)Cn1c(C(NC(=O)O)C(C)(C)C)c(-c2ccccc2)c2cc(OC(C)(C)C(N)=O)ccc2c1=O. The lowest BCUT2D eigenvalue weighted by atomic mass is 9.80. The molecule has 0 aliphatic carbocycles. The first-order valence-electron chi connectivity index (χ1n) is 12.4. The molecule has 0 spiro atoms. The lowest BCUT2D eigenvalue weighted by molar-refractivity contribution is -0.130. The number of hydrogen-bond acceptors (Lipinski definition) is 4. The van der Waals surface area contributed by atoms with E-state index in [1.54, 1.807) is 36.6 Å². The molecule has 8 nitrogen and oxygen atoms in total. The van der Waals surface area contributed by atoms with E-state index in [1.165, 1.54) is 0 Å². The Labute approximate surface area is 217 Å². The van der Waals surface area contributed by atoms with E-state index in [-0.39, 0.29) is 11.5 Å². The van der Waals surface area contributed by atoms with E-state index in [0.29, 0.717) is 28.8 Å². The summed E-state index contributed by atoms with van der Waals surface area (Å²) in [6, 6.07) is 13.9. The summed E-state index contributed by atoms with van der Waals surface area (Å²) in [5, 5.41) is 13.5. The highest BCUT2D eigenvalue weighted by Gasteiger charge is 2.35. The molecule has 0 aliphatic heterocycles. The van der Waals surface area contributed by atoms with E-state index in [0.717, 1.165) is 11.1 Å². The fourth-order valence-electron chi connectivity index (χ4n) is 4.43. The lowest BCUT2D eigenvalue weighted by Gasteiger charge is -2.35. The molecule has 1 unspecified atom stereocenters. The maximum Gasteiger partial charge on any atom is 0.405 e. The van der Waals surface area contributed by atoms with Crippen LogP contribution in [0, 0.1) is 11.3 Å². The first-order chi connectivity index (χ1) is 17.1. The second-order valence-corrected chi connectivity index (χ2v) is 11.4. The molecule has 0 aliphatic rings. The van der Waals surface area contributed by atoms with Crippen LogP contribution in [0.4, 0.5) is 4.79 Å². The Morgan fingerprint density at radius 2 is 1.65 bits per heavy atom. The van der Waals surface area contributed by atoms with Gasteiger partial charge in [-0.05, 0) is 48.9 Å². The molecule has 2 aromatic carbocycles. The summed E-state index contributed by atoms with van der Waals surface area (Å²) in [7, 11) is 0. The van der Waals surface area contributed by atoms with Gasteiger partial charge in [-0.2, -0.15) is 0 Å². The van der Waals surface area contributed by atoms with E-state index < -0.39 is 29.1 Å². The van der Waals surface area contributed by atoms with Gasteiger partial charge in [-0.1, -0.05) is 65.0 Å². The number of amides is 2. The van der Waals surface area contributed by atoms with Gasteiger partial charge in [0.05, 0.1) is 11.7 Å². The number of nitrogens with two attached hydrogens (primary N) is 1. The van der Waals surface area contributed by atoms with Gasteiger partial charge in [0.25, 0.3) is 11.5 Å². The molecule has 0 bridgehead atoms. The van der Waals surface area contributed by atoms with Gasteiger partial charge < -0.3 is 25.5 Å². The first-order valence-corrected chi connectivity index (χ1v) is 12.4. The summed E-state index contributed by atoms with van der Waals surface area (Å²) in [6.45, 7) is 13.4. The van der Waals surface area contributed by atoms with E-state index in [1.807, 2.05) is 65.0 Å². The van der Waals surface area contributed by atoms with Crippen LogP contribution in [0.5, 0.6) is 5.75 Å². The van der Waals surface area contributed by atoms with Crippen molar-refractivity contribution in [3.8, 4) is 16.9 Å². The second kappa shape index (κ2) is 10.3. The number of carboxylic acid groups (broad SMARTS) is 1. The average Bonchev–Trinajstić information content (AvgIpc) is 2.78. The summed E-state index contributed by atoms with van der Waals surface area (Å²) in [6.07, 6.45) is -1.18. The van der Waals surface area contributed by atoms with Crippen molar-refractivity contribution in [3.05, 3.63) is 64.6 Å². The van der Waals surface area contributed by atoms with E-state index in [9.17, 15) is 19.5 Å². The third kappa shape index (κ3) is 5.96. The number of pyridine rings is 1. The molecule has 1 aromatic heterocycles. The van der Waals surface area contributed by atoms with Gasteiger partial charge in [0.15, 0.2) is 5.60 Å². The first kappa shape index (κ1) is 27.8. The van der Waals surface area contributed by atoms with Crippen LogP contribution in [0.1, 0.15) is 60.2 Å². The van der Waals surface area contributed by atoms with Crippen molar-refractivity contribution in [3.63, 3.8) is 0 Å². The van der Waals surface area contributed by atoms with Crippen molar-refractivity contribution in [1.82, 2.24) is 9.88 Å². The Bertz CT molecular complexity index is 1370. The number of nitrogens with one attached hydrogen (secondary N) is 1. The Balaban J connectivity index is 2.53. The van der Waals surface area contributed by atoms with Gasteiger partial charge >= 0.3 is 6.09 Å². The van der Waals surface area contributed by atoms with Gasteiger partial charge in [0.1, 0.15) is 5.75 Å². The largest absolute Gasteiger partial charge is 0.478 e. The summed E-state index contributed by atoms with van der Waals surface area (Å²) < 4.78 is 7.64. The molecule has 0 saturated heterocycles. The maximum absolute atomic E-state index is 14.0. The minimum Gasteiger partial charge on any atom is -0.478 e. The van der Waals surface area contributed by atoms with Crippen LogP contribution in [0.2, 0.25) is 0 Å². The van der Waals surface area contributed by atoms with E-state index in [4.69, 9.17) is 10.5 Å². The Morgan fingerprint density at radius 3 is 2.16 bits per heavy atom. The van der Waals surface area contributed by atoms with E-state index in [2.05, 4.69) is 5.32 Å². The third-order valence-electron chi connectivity index (χ3n) is 6.27. The smallest absolute Gasteiger partial charge is 0.405 e. The minimum absolute atomic E-state index is 0.127. The number of nitrogens with zero attached hydrogens (tertiary/aromatic N) is 1. The monoisotopic (exact) mass is 507 g/mol. The number of aromatic nitrogens is 1. The van der Waals surface area contributed by atoms with Crippen molar-refractivity contribution < 1.29 is 19.4 Å². The summed E-state index contributed by atoms with van der Waals surface area (Å²) in [5.41, 5.74) is 5.60. The molecule has 0 fully saturated rings. The van der Waals surface area contributed by atoms with E-state index >= 15 is 0 Å². The molecule has 3 aromatic rings. The Hall–Kier alpha value is -3.81. The molecule has 1 heterocycles. The fourth-order valence-corrected chi connectivity index (χ4v) is 4.43. The molecule has 8 heteroatoms. The van der Waals surface area contributed by atoms with Crippen molar-refractivity contribution in [2.75, 3.05) is 0 Å². The number of hydrogen-bond donors (Lipinski definition) is 3. The van der Waals surface area contributed by atoms with Crippen LogP contribution >= 0.6 is 0 Å². The quantitative estimate of drug-likeness (QED) is 0.381. The number of rotatable bonds is 8. The number of primary amides is 1. The fraction of sp³-hybridized carbons (Fsp3) is 0.414. The van der Waals surface area contributed by atoms with Crippen LogP contribution in [-0.4, -0.2) is 27.3 Å². The van der Waals surface area contributed by atoms with Crippen molar-refractivity contribution in [1.29, 1.82) is 0 Å². The van der Waals surface area contributed by atoms with Crippen LogP contribution in [0.25, 0.3) is 21.9 Å². The average molecular weight is 508 g/mol. The Morgan fingerprint density at radius 1 is 1.03 bits per heavy atom. The van der Waals surface area contributed by atoms with Gasteiger partial charge in [0, 0.05) is 22.9 Å². The summed E-state index contributed by atoms with van der Waals surface area (Å²) >= 11 is 0. The number of fused-ring (bicyclic) bond motifs is 1. The topological polar surface area (TPSA) is 124 Å². The Kier molecular flexibility index (Phi) is 7.72. The van der Waals surface area contributed by atoms with Gasteiger partial charge in [-0.3, -0.25) is 9.59 Å². The maximum atomic E-state index is 14.0. The van der Waals surface area contributed by atoms with Gasteiger partial charge in [-0.25, -0.2) is 4.79 Å². The summed E-state index contributed by atoms with van der Waals surface area (Å²) in [5.74, 6) is -0.122. The lowest BCUT2D eigenvalue weighted by Crippen LogP contribution is -2.43. The molecular formula is C29H37N3O5. The molecule has 0 saturated carbocycles. The highest BCUT2D eigenvalue weighted by atomic mass is 16.5. The van der Waals surface area contributed by atoms with Crippen LogP contribution in [0.3, 0.4) is 0 Å². The molecule has 37 heavy (non-hydrogen) atoms. The number of carbonyl (C=O) groups is 2. The number of benzene rings is 2. The molecule has 0 radical (unpaired) electrons. The predicted molar refractivity (Wildman–Crippen MR) is 146 cm³/mol. The third-order valence-corrected chi connectivity index (χ3v) is 6.27. The highest BCUT2D eigenvalue weighted by Crippen LogP contribution is 2.42. The normalized spacial score (nSPS) is 13.0. The molecular weight excluding hydrogens is 470 g/mol.